The first kappa shape index (κ1) is 13.6. The zero-order valence-corrected chi connectivity index (χ0v) is 10.6. The number of alkyl halides is 1. The van der Waals surface area contributed by atoms with Crippen LogP contribution in [0.2, 0.25) is 0 Å². The second-order valence-corrected chi connectivity index (χ2v) is 4.05. The van der Waals surface area contributed by atoms with E-state index in [-0.39, 0.29) is 12.6 Å². The van der Waals surface area contributed by atoms with Gasteiger partial charge in [0.25, 0.3) is 0 Å². The average Bonchev–Trinajstić information content (AvgIpc) is 2.73. The third-order valence-corrected chi connectivity index (χ3v) is 2.77. The minimum Gasteiger partial charge on any atom is -0.467 e. The number of halogens is 1. The molecule has 5 nitrogen and oxygen atoms in total. The summed E-state index contributed by atoms with van der Waals surface area (Å²) in [4.78, 5) is 12.7. The molecule has 17 heavy (non-hydrogen) atoms. The molecular weight excluding hydrogens is 225 g/mol. The summed E-state index contributed by atoms with van der Waals surface area (Å²) >= 11 is 0. The molecule has 1 rings (SSSR count). The van der Waals surface area contributed by atoms with E-state index in [1.54, 1.807) is 22.8 Å². The maximum atomic E-state index is 13.4. The Bertz CT molecular complexity index is 381. The van der Waals surface area contributed by atoms with Crippen LogP contribution < -0.4 is 0 Å². The van der Waals surface area contributed by atoms with Crippen LogP contribution in [0.5, 0.6) is 0 Å². The standard InChI is InChI=1S/C11H18FN3O2/c1-8(9-5-13-15(3)6-9)14(2)7-10(12)11(16)17-4/h5-6,8,10H,7H2,1-4H3/t8-,10-/m0/s1. The number of ether oxygens (including phenoxy) is 1. The number of esters is 1. The van der Waals surface area contributed by atoms with Crippen LogP contribution >= 0.6 is 0 Å². The summed E-state index contributed by atoms with van der Waals surface area (Å²) in [6.45, 7) is 1.93. The highest BCUT2D eigenvalue weighted by Crippen LogP contribution is 2.18. The topological polar surface area (TPSA) is 47.4 Å². The first-order chi connectivity index (χ1) is 7.95. The molecule has 2 atom stereocenters. The highest BCUT2D eigenvalue weighted by atomic mass is 19.1. The molecule has 0 aromatic carbocycles. The van der Waals surface area contributed by atoms with Gasteiger partial charge in [0.05, 0.1) is 13.3 Å². The van der Waals surface area contributed by atoms with Crippen LogP contribution in [0.25, 0.3) is 0 Å². The van der Waals surface area contributed by atoms with Gasteiger partial charge in [0.15, 0.2) is 0 Å². The normalized spacial score (nSPS) is 14.7. The lowest BCUT2D eigenvalue weighted by Crippen LogP contribution is -2.34. The summed E-state index contributed by atoms with van der Waals surface area (Å²) in [7, 11) is 4.76. The van der Waals surface area contributed by atoms with E-state index in [9.17, 15) is 9.18 Å². The fraction of sp³-hybridized carbons (Fsp3) is 0.636. The van der Waals surface area contributed by atoms with Gasteiger partial charge in [0, 0.05) is 31.4 Å². The molecule has 0 aliphatic carbocycles. The number of methoxy groups -OCH3 is 1. The summed E-state index contributed by atoms with van der Waals surface area (Å²) in [5.74, 6) is -0.838. The van der Waals surface area contributed by atoms with Gasteiger partial charge in [0.1, 0.15) is 0 Å². The molecule has 0 N–H and O–H groups in total. The number of aryl methyl sites for hydroxylation is 1. The summed E-state index contributed by atoms with van der Waals surface area (Å²) in [5, 5.41) is 4.06. The third-order valence-electron chi connectivity index (χ3n) is 2.77. The van der Waals surface area contributed by atoms with E-state index < -0.39 is 12.1 Å². The molecule has 0 radical (unpaired) electrons. The van der Waals surface area contributed by atoms with Gasteiger partial charge in [0.2, 0.25) is 6.17 Å². The Labute approximate surface area is 100 Å². The molecular formula is C11H18FN3O2. The molecule has 0 bridgehead atoms. The molecule has 0 fully saturated rings. The lowest BCUT2D eigenvalue weighted by atomic mass is 10.1. The zero-order valence-electron chi connectivity index (χ0n) is 10.6. The van der Waals surface area contributed by atoms with Crippen molar-refractivity contribution in [1.82, 2.24) is 14.7 Å². The van der Waals surface area contributed by atoms with Gasteiger partial charge in [-0.15, -0.1) is 0 Å². The van der Waals surface area contributed by atoms with Crippen molar-refractivity contribution in [2.45, 2.75) is 19.1 Å². The van der Waals surface area contributed by atoms with Crippen LogP contribution in [0.15, 0.2) is 12.4 Å². The van der Waals surface area contributed by atoms with Crippen LogP contribution in [-0.2, 0) is 16.6 Å². The number of carbonyl (C=O) groups excluding carboxylic acids is 1. The SMILES string of the molecule is COC(=O)[C@@H](F)CN(C)[C@@H](C)c1cnn(C)c1. The van der Waals surface area contributed by atoms with Crippen molar-refractivity contribution in [2.75, 3.05) is 20.7 Å². The first-order valence-electron chi connectivity index (χ1n) is 5.36. The van der Waals surface area contributed by atoms with Gasteiger partial charge < -0.3 is 4.74 Å². The minimum atomic E-state index is -1.62. The molecule has 0 spiro atoms. The maximum Gasteiger partial charge on any atom is 0.341 e. The molecule has 0 unspecified atom stereocenters. The largest absolute Gasteiger partial charge is 0.467 e. The molecule has 0 saturated heterocycles. The fourth-order valence-corrected chi connectivity index (χ4v) is 1.52. The first-order valence-corrected chi connectivity index (χ1v) is 5.36. The Hall–Kier alpha value is -1.43. The molecule has 1 aromatic heterocycles. The number of aromatic nitrogens is 2. The summed E-state index contributed by atoms with van der Waals surface area (Å²) in [6, 6.07) is -0.00777. The lowest BCUT2D eigenvalue weighted by Gasteiger charge is -2.24. The Kier molecular flexibility index (Phi) is 4.62. The third kappa shape index (κ3) is 3.52. The predicted octanol–water partition coefficient (Wildman–Crippen LogP) is 0.924. The number of hydrogen-bond donors (Lipinski definition) is 0. The molecule has 6 heteroatoms. The highest BCUT2D eigenvalue weighted by Gasteiger charge is 2.23. The van der Waals surface area contributed by atoms with Crippen molar-refractivity contribution in [3.8, 4) is 0 Å². The Morgan fingerprint density at radius 1 is 1.71 bits per heavy atom. The van der Waals surface area contributed by atoms with Gasteiger partial charge in [-0.05, 0) is 14.0 Å². The highest BCUT2D eigenvalue weighted by molar-refractivity contribution is 5.74. The lowest BCUT2D eigenvalue weighted by molar-refractivity contribution is -0.147. The van der Waals surface area contributed by atoms with Crippen molar-refractivity contribution in [3.05, 3.63) is 18.0 Å². The monoisotopic (exact) mass is 243 g/mol. The average molecular weight is 243 g/mol. The van der Waals surface area contributed by atoms with Crippen molar-refractivity contribution in [1.29, 1.82) is 0 Å². The molecule has 0 aliphatic heterocycles. The van der Waals surface area contributed by atoms with Gasteiger partial charge in [-0.3, -0.25) is 9.58 Å². The van der Waals surface area contributed by atoms with E-state index in [0.29, 0.717) is 0 Å². The van der Waals surface area contributed by atoms with Crippen LogP contribution in [-0.4, -0.2) is 47.5 Å². The van der Waals surface area contributed by atoms with Crippen molar-refractivity contribution in [2.24, 2.45) is 7.05 Å². The Balaban J connectivity index is 2.58. The molecule has 0 saturated carbocycles. The summed E-state index contributed by atoms with van der Waals surface area (Å²) in [6.07, 6.45) is 1.98. The molecule has 1 heterocycles. The van der Waals surface area contributed by atoms with Gasteiger partial charge in [-0.2, -0.15) is 5.10 Å². The van der Waals surface area contributed by atoms with Crippen LogP contribution in [0.1, 0.15) is 18.5 Å². The van der Waals surface area contributed by atoms with Gasteiger partial charge >= 0.3 is 5.97 Å². The van der Waals surface area contributed by atoms with E-state index in [1.807, 2.05) is 20.2 Å². The van der Waals surface area contributed by atoms with Crippen LogP contribution in [0.4, 0.5) is 4.39 Å². The van der Waals surface area contributed by atoms with E-state index in [4.69, 9.17) is 0 Å². The van der Waals surface area contributed by atoms with Gasteiger partial charge in [-0.25, -0.2) is 9.18 Å². The summed E-state index contributed by atoms with van der Waals surface area (Å²) < 4.78 is 19.4. The molecule has 0 aliphatic rings. The summed E-state index contributed by atoms with van der Waals surface area (Å²) in [5.41, 5.74) is 0.979. The predicted molar refractivity (Wildman–Crippen MR) is 61.2 cm³/mol. The van der Waals surface area contributed by atoms with E-state index in [0.717, 1.165) is 5.56 Å². The van der Waals surface area contributed by atoms with Crippen molar-refractivity contribution in [3.63, 3.8) is 0 Å². The van der Waals surface area contributed by atoms with Crippen LogP contribution in [0.3, 0.4) is 0 Å². The Morgan fingerprint density at radius 3 is 2.82 bits per heavy atom. The van der Waals surface area contributed by atoms with E-state index >= 15 is 0 Å². The maximum absolute atomic E-state index is 13.4. The molecule has 96 valence electrons. The molecule has 1 aromatic rings. The number of rotatable bonds is 5. The van der Waals surface area contributed by atoms with E-state index in [1.165, 1.54) is 7.11 Å². The smallest absolute Gasteiger partial charge is 0.341 e. The minimum absolute atomic E-state index is 0.00271. The van der Waals surface area contributed by atoms with E-state index in [2.05, 4.69) is 9.84 Å². The number of nitrogens with zero attached hydrogens (tertiary/aromatic N) is 3. The zero-order chi connectivity index (χ0) is 13.0. The number of hydrogen-bond acceptors (Lipinski definition) is 4. The molecule has 0 amide bonds. The quantitative estimate of drug-likeness (QED) is 0.722. The Morgan fingerprint density at radius 2 is 2.35 bits per heavy atom. The fourth-order valence-electron chi connectivity index (χ4n) is 1.52. The second-order valence-electron chi connectivity index (χ2n) is 4.05. The van der Waals surface area contributed by atoms with Crippen molar-refractivity contribution >= 4 is 5.97 Å². The van der Waals surface area contributed by atoms with Crippen molar-refractivity contribution < 1.29 is 13.9 Å². The van der Waals surface area contributed by atoms with Gasteiger partial charge in [-0.1, -0.05) is 0 Å². The van der Waals surface area contributed by atoms with Crippen LogP contribution in [0, 0.1) is 0 Å². The number of carbonyl (C=O) groups is 1. The second kappa shape index (κ2) is 5.77.